The summed E-state index contributed by atoms with van der Waals surface area (Å²) in [6, 6.07) is 55.3. The van der Waals surface area contributed by atoms with Gasteiger partial charge in [-0.3, -0.25) is 9.36 Å². The summed E-state index contributed by atoms with van der Waals surface area (Å²) in [6.45, 7) is -0.151. The summed E-state index contributed by atoms with van der Waals surface area (Å²) in [6.07, 6.45) is -1.93. The van der Waals surface area contributed by atoms with Crippen LogP contribution in [0, 0.1) is 0 Å². The Morgan fingerprint density at radius 1 is 0.565 bits per heavy atom. The van der Waals surface area contributed by atoms with Crippen LogP contribution in [-0.2, 0) is 24.5 Å². The van der Waals surface area contributed by atoms with Crippen LogP contribution >= 0.6 is 0 Å². The van der Waals surface area contributed by atoms with E-state index in [1.165, 1.54) is 12.7 Å². The lowest BCUT2D eigenvalue weighted by Crippen LogP contribution is -2.43. The van der Waals surface area contributed by atoms with Crippen LogP contribution < -0.4 is 5.32 Å². The van der Waals surface area contributed by atoms with Gasteiger partial charge in [-0.1, -0.05) is 146 Å². The van der Waals surface area contributed by atoms with Crippen LogP contribution in [0.1, 0.15) is 54.0 Å². The minimum Gasteiger partial charge on any atom is -0.452 e. The maximum absolute atomic E-state index is 14.0. The minimum atomic E-state index is -1.27. The molecule has 0 saturated carbocycles. The van der Waals surface area contributed by atoms with E-state index in [1.807, 2.05) is 97.1 Å². The van der Waals surface area contributed by atoms with E-state index in [1.54, 1.807) is 89.5 Å². The van der Waals surface area contributed by atoms with E-state index in [0.29, 0.717) is 5.56 Å². The molecule has 62 heavy (non-hydrogen) atoms. The van der Waals surface area contributed by atoms with E-state index in [4.69, 9.17) is 18.9 Å². The van der Waals surface area contributed by atoms with Crippen LogP contribution in [0.25, 0.3) is 11.2 Å². The number of ether oxygens (including phenoxy) is 4. The number of anilines is 1. The van der Waals surface area contributed by atoms with Gasteiger partial charge in [0, 0.05) is 5.56 Å². The molecule has 3 heterocycles. The standard InChI is InChI=1S/C50H39N5O7/c56-46(34-19-7-1-8-20-34)54-44-41-45(52-32-51-44)55(33-53-41)47-43(62-49(58)36-23-11-3-12-24-36)42(61-48(57)35-21-9-2-10-22-35)40(60-47)31-59-50(37-25-13-4-14-26-37,38-27-15-5-16-28-38)39-29-17-6-18-30-39/h1-30,32-33,40,42-43,47H,31H2,(H,51,52,54,56)/t40-,42-,43-,47-/m1/s1. The largest absolute Gasteiger partial charge is 0.452 e. The summed E-state index contributed by atoms with van der Waals surface area (Å²) in [4.78, 5) is 54.8. The van der Waals surface area contributed by atoms with Crippen molar-refractivity contribution in [2.45, 2.75) is 30.1 Å². The van der Waals surface area contributed by atoms with Gasteiger partial charge in [-0.15, -0.1) is 0 Å². The summed E-state index contributed by atoms with van der Waals surface area (Å²) in [5.41, 5.74) is 2.87. The van der Waals surface area contributed by atoms with Crippen molar-refractivity contribution in [1.29, 1.82) is 0 Å². The predicted molar refractivity (Wildman–Crippen MR) is 230 cm³/mol. The Kier molecular flexibility index (Phi) is 11.4. The van der Waals surface area contributed by atoms with Crippen molar-refractivity contribution in [3.8, 4) is 0 Å². The Balaban J connectivity index is 1.15. The second-order valence-electron chi connectivity index (χ2n) is 14.5. The third kappa shape index (κ3) is 7.95. The van der Waals surface area contributed by atoms with Crippen LogP contribution in [0.5, 0.6) is 0 Å². The molecular formula is C50H39N5O7. The van der Waals surface area contributed by atoms with Gasteiger partial charge >= 0.3 is 11.9 Å². The number of amides is 1. The van der Waals surface area contributed by atoms with Gasteiger partial charge in [0.15, 0.2) is 35.4 Å². The monoisotopic (exact) mass is 821 g/mol. The molecule has 4 atom stereocenters. The quantitative estimate of drug-likeness (QED) is 0.0889. The molecule has 1 N–H and O–H groups in total. The molecule has 9 rings (SSSR count). The topological polar surface area (TPSA) is 144 Å². The Morgan fingerprint density at radius 3 is 1.52 bits per heavy atom. The maximum Gasteiger partial charge on any atom is 0.338 e. The molecule has 8 aromatic rings. The second-order valence-corrected chi connectivity index (χ2v) is 14.5. The molecule has 0 unspecified atom stereocenters. The molecule has 0 aliphatic carbocycles. The average molecular weight is 822 g/mol. The fourth-order valence-corrected chi connectivity index (χ4v) is 7.74. The number of rotatable bonds is 13. The zero-order valence-corrected chi connectivity index (χ0v) is 33.1. The van der Waals surface area contributed by atoms with Crippen molar-refractivity contribution in [1.82, 2.24) is 19.5 Å². The number of carbonyl (C=O) groups is 3. The van der Waals surface area contributed by atoms with Crippen molar-refractivity contribution in [2.24, 2.45) is 0 Å². The zero-order chi connectivity index (χ0) is 42.3. The Hall–Kier alpha value is -7.80. The van der Waals surface area contributed by atoms with Crippen molar-refractivity contribution in [3.63, 3.8) is 0 Å². The van der Waals surface area contributed by atoms with Crippen molar-refractivity contribution >= 4 is 34.8 Å². The van der Waals surface area contributed by atoms with Crippen molar-refractivity contribution in [3.05, 3.63) is 228 Å². The molecule has 1 aliphatic heterocycles. The maximum atomic E-state index is 14.0. The van der Waals surface area contributed by atoms with Crippen molar-refractivity contribution in [2.75, 3.05) is 11.9 Å². The number of nitrogens with one attached hydrogen (secondary N) is 1. The summed E-state index contributed by atoms with van der Waals surface area (Å²) < 4.78 is 28.4. The third-order valence-electron chi connectivity index (χ3n) is 10.7. The molecule has 0 radical (unpaired) electrons. The summed E-state index contributed by atoms with van der Waals surface area (Å²) in [7, 11) is 0. The van der Waals surface area contributed by atoms with Gasteiger partial charge in [-0.05, 0) is 53.1 Å². The first-order chi connectivity index (χ1) is 30.5. The number of nitrogens with zero attached hydrogens (tertiary/aromatic N) is 4. The molecule has 0 bridgehead atoms. The first-order valence-electron chi connectivity index (χ1n) is 20.0. The summed E-state index contributed by atoms with van der Waals surface area (Å²) in [5, 5.41) is 2.83. The van der Waals surface area contributed by atoms with E-state index in [-0.39, 0.29) is 34.7 Å². The molecule has 1 amide bonds. The molecule has 1 saturated heterocycles. The third-order valence-corrected chi connectivity index (χ3v) is 10.7. The number of hydrogen-bond acceptors (Lipinski definition) is 10. The lowest BCUT2D eigenvalue weighted by atomic mass is 9.80. The first kappa shape index (κ1) is 39.6. The lowest BCUT2D eigenvalue weighted by molar-refractivity contribution is -0.0961. The molecule has 12 nitrogen and oxygen atoms in total. The molecule has 0 spiro atoms. The molecule has 1 fully saturated rings. The molecule has 1 aliphatic rings. The Morgan fingerprint density at radius 2 is 1.02 bits per heavy atom. The van der Waals surface area contributed by atoms with Crippen molar-refractivity contribution < 1.29 is 33.3 Å². The number of benzene rings is 6. The number of esters is 2. The van der Waals surface area contributed by atoms with Gasteiger partial charge in [0.05, 0.1) is 24.1 Å². The van der Waals surface area contributed by atoms with Crippen LogP contribution in [-0.4, -0.2) is 62.3 Å². The zero-order valence-electron chi connectivity index (χ0n) is 33.1. The van der Waals surface area contributed by atoms with Gasteiger partial charge < -0.3 is 24.3 Å². The average Bonchev–Trinajstić information content (AvgIpc) is 3.92. The highest BCUT2D eigenvalue weighted by Gasteiger charge is 2.52. The van der Waals surface area contributed by atoms with Gasteiger partial charge in [0.25, 0.3) is 5.91 Å². The number of hydrogen-bond donors (Lipinski definition) is 1. The first-order valence-corrected chi connectivity index (χ1v) is 20.0. The fourth-order valence-electron chi connectivity index (χ4n) is 7.74. The van der Waals surface area contributed by atoms with Crippen LogP contribution in [0.2, 0.25) is 0 Å². The predicted octanol–water partition coefficient (Wildman–Crippen LogP) is 8.44. The van der Waals surface area contributed by atoms with Gasteiger partial charge in [0.2, 0.25) is 0 Å². The summed E-state index contributed by atoms with van der Waals surface area (Å²) in [5.74, 6) is -1.57. The van der Waals surface area contributed by atoms with E-state index in [2.05, 4.69) is 20.3 Å². The molecule has 6 aromatic carbocycles. The molecule has 12 heteroatoms. The van der Waals surface area contributed by atoms with E-state index >= 15 is 0 Å². The van der Waals surface area contributed by atoms with Gasteiger partial charge in [-0.25, -0.2) is 24.5 Å². The highest BCUT2D eigenvalue weighted by molar-refractivity contribution is 6.06. The molecular weight excluding hydrogens is 783 g/mol. The van der Waals surface area contributed by atoms with Crippen LogP contribution in [0.3, 0.4) is 0 Å². The van der Waals surface area contributed by atoms with Crippen LogP contribution in [0.4, 0.5) is 5.82 Å². The number of fused-ring (bicyclic) bond motifs is 1. The lowest BCUT2D eigenvalue weighted by Gasteiger charge is -2.37. The summed E-state index contributed by atoms with van der Waals surface area (Å²) >= 11 is 0. The second kappa shape index (κ2) is 17.8. The molecule has 306 valence electrons. The number of carbonyl (C=O) groups excluding carboxylic acids is 3. The van der Waals surface area contributed by atoms with Gasteiger partial charge in [0.1, 0.15) is 18.0 Å². The number of imidazole rings is 1. The Labute approximate surface area is 356 Å². The SMILES string of the molecule is O=C(Nc1ncnc2c1ncn2[C@@H]1O[C@H](COC(c2ccccc2)(c2ccccc2)c2ccccc2)[C@@H](OC(=O)c2ccccc2)[C@H]1OC(=O)c1ccccc1)c1ccccc1. The number of aromatic nitrogens is 4. The normalized spacial score (nSPS) is 17.3. The minimum absolute atomic E-state index is 0.151. The van der Waals surface area contributed by atoms with E-state index in [9.17, 15) is 14.4 Å². The van der Waals surface area contributed by atoms with E-state index < -0.39 is 48.0 Å². The highest BCUT2D eigenvalue weighted by Crippen LogP contribution is 2.43. The molecule has 2 aromatic heterocycles. The highest BCUT2D eigenvalue weighted by atomic mass is 16.7. The Bertz CT molecular complexity index is 2680. The smallest absolute Gasteiger partial charge is 0.338 e. The van der Waals surface area contributed by atoms with Crippen LogP contribution in [0.15, 0.2) is 195 Å². The fraction of sp³-hybridized carbons (Fsp3) is 0.120. The van der Waals surface area contributed by atoms with Gasteiger partial charge in [-0.2, -0.15) is 0 Å². The van der Waals surface area contributed by atoms with E-state index in [0.717, 1.165) is 16.7 Å².